The first-order chi connectivity index (χ1) is 9.76. The van der Waals surface area contributed by atoms with Gasteiger partial charge in [0.05, 0.1) is 7.11 Å². The fourth-order valence-corrected chi connectivity index (χ4v) is 2.33. The maximum absolute atomic E-state index is 10.6. The van der Waals surface area contributed by atoms with Gasteiger partial charge in [0.15, 0.2) is 0 Å². The molecule has 3 nitrogen and oxygen atoms in total. The molecule has 0 radical (unpaired) electrons. The van der Waals surface area contributed by atoms with Crippen molar-refractivity contribution in [3.63, 3.8) is 0 Å². The van der Waals surface area contributed by atoms with Crippen molar-refractivity contribution in [3.8, 4) is 11.5 Å². The van der Waals surface area contributed by atoms with Crippen LogP contribution in [0.4, 0.5) is 0 Å². The first kappa shape index (κ1) is 14.5. The molecule has 0 heterocycles. The number of aldehydes is 1. The summed E-state index contributed by atoms with van der Waals surface area (Å²) < 4.78 is 11.0. The van der Waals surface area contributed by atoms with Gasteiger partial charge >= 0.3 is 0 Å². The summed E-state index contributed by atoms with van der Waals surface area (Å²) in [6.07, 6.45) is 2.83. The molecule has 2 aromatic rings. The van der Waals surface area contributed by atoms with Crippen molar-refractivity contribution in [1.29, 1.82) is 0 Å². The lowest BCUT2D eigenvalue weighted by Crippen LogP contribution is -1.97. The highest BCUT2D eigenvalue weighted by Crippen LogP contribution is 2.28. The molecule has 2 aromatic carbocycles. The van der Waals surface area contributed by atoms with Crippen LogP contribution in [-0.4, -0.2) is 19.7 Å². The molecule has 0 spiro atoms. The Hall–Kier alpha value is -1.94. The zero-order valence-corrected chi connectivity index (χ0v) is 12.3. The van der Waals surface area contributed by atoms with E-state index in [0.29, 0.717) is 12.2 Å². The van der Waals surface area contributed by atoms with E-state index >= 15 is 0 Å². The molecule has 20 heavy (non-hydrogen) atoms. The van der Waals surface area contributed by atoms with Gasteiger partial charge < -0.3 is 9.47 Å². The van der Waals surface area contributed by atoms with Crippen LogP contribution in [0.5, 0.6) is 11.5 Å². The molecule has 0 saturated heterocycles. The summed E-state index contributed by atoms with van der Waals surface area (Å²) in [5.74, 6) is 1.60. The number of rotatable bonds is 6. The molecule has 0 aromatic heterocycles. The normalized spacial score (nSPS) is 10.1. The number of hydrogen-bond donors (Lipinski definition) is 0. The summed E-state index contributed by atoms with van der Waals surface area (Å²) in [6.45, 7) is 0.464. The van der Waals surface area contributed by atoms with Crippen LogP contribution >= 0.6 is 11.8 Å². The Morgan fingerprint density at radius 3 is 2.50 bits per heavy atom. The van der Waals surface area contributed by atoms with E-state index in [4.69, 9.17) is 9.47 Å². The molecule has 0 N–H and O–H groups in total. The number of benzene rings is 2. The van der Waals surface area contributed by atoms with Crippen LogP contribution in [0.1, 0.15) is 15.9 Å². The number of carbonyl (C=O) groups excluding carboxylic acids is 1. The van der Waals surface area contributed by atoms with Crippen molar-refractivity contribution in [1.82, 2.24) is 0 Å². The second-order valence-electron chi connectivity index (χ2n) is 4.16. The zero-order chi connectivity index (χ0) is 14.4. The lowest BCUT2D eigenvalue weighted by atomic mass is 10.2. The maximum atomic E-state index is 10.6. The summed E-state index contributed by atoms with van der Waals surface area (Å²) in [6, 6.07) is 13.1. The second kappa shape index (κ2) is 7.01. The van der Waals surface area contributed by atoms with Crippen molar-refractivity contribution >= 4 is 18.0 Å². The summed E-state index contributed by atoms with van der Waals surface area (Å²) in [5, 5.41) is 0. The van der Waals surface area contributed by atoms with E-state index in [2.05, 4.69) is 0 Å². The van der Waals surface area contributed by atoms with Gasteiger partial charge in [-0.05, 0) is 48.2 Å². The van der Waals surface area contributed by atoms with Crippen molar-refractivity contribution in [3.05, 3.63) is 53.6 Å². The van der Waals surface area contributed by atoms with Crippen LogP contribution in [0, 0.1) is 0 Å². The van der Waals surface area contributed by atoms with E-state index in [0.717, 1.165) is 28.2 Å². The predicted molar refractivity (Wildman–Crippen MR) is 80.9 cm³/mol. The van der Waals surface area contributed by atoms with Gasteiger partial charge in [0.25, 0.3) is 0 Å². The first-order valence-electron chi connectivity index (χ1n) is 6.15. The van der Waals surface area contributed by atoms with Gasteiger partial charge in [0, 0.05) is 10.5 Å². The highest BCUT2D eigenvalue weighted by Gasteiger charge is 2.04. The highest BCUT2D eigenvalue weighted by molar-refractivity contribution is 7.98. The Kier molecular flexibility index (Phi) is 5.07. The number of hydrogen-bond acceptors (Lipinski definition) is 4. The highest BCUT2D eigenvalue weighted by atomic mass is 32.2. The average Bonchev–Trinajstić information content (AvgIpc) is 2.53. The Balaban J connectivity index is 2.04. The second-order valence-corrected chi connectivity index (χ2v) is 5.01. The topological polar surface area (TPSA) is 35.5 Å². The van der Waals surface area contributed by atoms with E-state index in [9.17, 15) is 4.79 Å². The number of methoxy groups -OCH3 is 1. The van der Waals surface area contributed by atoms with Crippen LogP contribution in [0.2, 0.25) is 0 Å². The smallest absolute Gasteiger partial charge is 0.150 e. The molecule has 0 aliphatic rings. The van der Waals surface area contributed by atoms with Crippen LogP contribution in [-0.2, 0) is 6.61 Å². The van der Waals surface area contributed by atoms with Crippen molar-refractivity contribution in [2.75, 3.05) is 13.4 Å². The van der Waals surface area contributed by atoms with Crippen LogP contribution in [0.3, 0.4) is 0 Å². The van der Waals surface area contributed by atoms with Crippen molar-refractivity contribution in [2.24, 2.45) is 0 Å². The third-order valence-electron chi connectivity index (χ3n) is 2.87. The summed E-state index contributed by atoms with van der Waals surface area (Å²) >= 11 is 1.65. The molecule has 0 unspecified atom stereocenters. The predicted octanol–water partition coefficient (Wildman–Crippen LogP) is 3.81. The molecule has 0 fully saturated rings. The molecule has 0 bridgehead atoms. The molecular formula is C16H16O3S. The maximum Gasteiger partial charge on any atom is 0.150 e. The lowest BCUT2D eigenvalue weighted by molar-refractivity contribution is 0.112. The molecule has 104 valence electrons. The van der Waals surface area contributed by atoms with Gasteiger partial charge in [-0.15, -0.1) is 11.8 Å². The van der Waals surface area contributed by atoms with Gasteiger partial charge in [0.1, 0.15) is 24.4 Å². The van der Waals surface area contributed by atoms with Gasteiger partial charge in [-0.25, -0.2) is 0 Å². The van der Waals surface area contributed by atoms with E-state index in [-0.39, 0.29) is 0 Å². The minimum atomic E-state index is 0.464. The average molecular weight is 288 g/mol. The largest absolute Gasteiger partial charge is 0.496 e. The van der Waals surface area contributed by atoms with Gasteiger partial charge in [-0.1, -0.05) is 6.07 Å². The monoisotopic (exact) mass is 288 g/mol. The fraction of sp³-hybridized carbons (Fsp3) is 0.188. The standard InChI is InChI=1S/C16H16O3S/c1-18-15-9-13(5-8-16(15)20-2)11-19-14-6-3-12(10-17)4-7-14/h3-10H,11H2,1-2H3. The molecule has 2 rings (SSSR count). The van der Waals surface area contributed by atoms with E-state index in [1.807, 2.05) is 24.5 Å². The Labute approximate surface area is 122 Å². The number of ether oxygens (including phenoxy) is 2. The van der Waals surface area contributed by atoms with Crippen molar-refractivity contribution in [2.45, 2.75) is 11.5 Å². The van der Waals surface area contributed by atoms with E-state index < -0.39 is 0 Å². The quantitative estimate of drug-likeness (QED) is 0.598. The fourth-order valence-electron chi connectivity index (χ4n) is 1.78. The summed E-state index contributed by atoms with van der Waals surface area (Å²) in [5.41, 5.74) is 1.68. The van der Waals surface area contributed by atoms with E-state index in [1.165, 1.54) is 0 Å². The van der Waals surface area contributed by atoms with Crippen LogP contribution < -0.4 is 9.47 Å². The summed E-state index contributed by atoms with van der Waals surface area (Å²) in [7, 11) is 1.66. The lowest BCUT2D eigenvalue weighted by Gasteiger charge is -2.10. The number of carbonyl (C=O) groups is 1. The van der Waals surface area contributed by atoms with Crippen molar-refractivity contribution < 1.29 is 14.3 Å². The molecule has 0 atom stereocenters. The third kappa shape index (κ3) is 3.54. The SMILES string of the molecule is COc1cc(COc2ccc(C=O)cc2)ccc1SC. The Bertz CT molecular complexity index is 579. The summed E-state index contributed by atoms with van der Waals surface area (Å²) in [4.78, 5) is 11.7. The molecule has 4 heteroatoms. The van der Waals surface area contributed by atoms with Crippen LogP contribution in [0.25, 0.3) is 0 Å². The molecule has 0 aliphatic carbocycles. The Morgan fingerprint density at radius 2 is 1.90 bits per heavy atom. The number of thioether (sulfide) groups is 1. The van der Waals surface area contributed by atoms with Crippen LogP contribution in [0.15, 0.2) is 47.4 Å². The minimum Gasteiger partial charge on any atom is -0.496 e. The molecule has 0 amide bonds. The van der Waals surface area contributed by atoms with Gasteiger partial charge in [-0.3, -0.25) is 4.79 Å². The molecule has 0 saturated carbocycles. The van der Waals surface area contributed by atoms with Gasteiger partial charge in [-0.2, -0.15) is 0 Å². The van der Waals surface area contributed by atoms with E-state index in [1.54, 1.807) is 43.1 Å². The van der Waals surface area contributed by atoms with Gasteiger partial charge in [0.2, 0.25) is 0 Å². The zero-order valence-electron chi connectivity index (χ0n) is 11.5. The Morgan fingerprint density at radius 1 is 1.15 bits per heavy atom. The molecular weight excluding hydrogens is 272 g/mol. The minimum absolute atomic E-state index is 0.464. The molecule has 0 aliphatic heterocycles. The first-order valence-corrected chi connectivity index (χ1v) is 7.38. The third-order valence-corrected chi connectivity index (χ3v) is 3.65.